The molecule has 0 heterocycles. The Morgan fingerprint density at radius 1 is 0.786 bits per heavy atom. The second-order valence-corrected chi connectivity index (χ2v) is 15.4. The van der Waals surface area contributed by atoms with Gasteiger partial charge in [-0.2, -0.15) is 0 Å². The van der Waals surface area contributed by atoms with E-state index in [0.29, 0.717) is 5.66 Å². The van der Waals surface area contributed by atoms with Gasteiger partial charge in [0.05, 0.1) is 0 Å². The Morgan fingerprint density at radius 2 is 1.00 bits per heavy atom. The van der Waals surface area contributed by atoms with E-state index in [1.807, 2.05) is 0 Å². The van der Waals surface area contributed by atoms with Crippen molar-refractivity contribution in [1.82, 2.24) is 14.0 Å². The van der Waals surface area contributed by atoms with E-state index in [0.717, 1.165) is 0 Å². The van der Waals surface area contributed by atoms with Crippen molar-refractivity contribution in [1.29, 1.82) is 0 Å². The zero-order valence-electron chi connectivity index (χ0n) is 10.7. The van der Waals surface area contributed by atoms with Gasteiger partial charge in [-0.15, -0.1) is 0 Å². The van der Waals surface area contributed by atoms with Gasteiger partial charge in [0.2, 0.25) is 0 Å². The molecule has 0 bridgehead atoms. The van der Waals surface area contributed by atoms with Crippen LogP contribution < -0.4 is 0 Å². The molecule has 3 nitrogen and oxygen atoms in total. The first-order valence-corrected chi connectivity index (χ1v) is 9.81. The summed E-state index contributed by atoms with van der Waals surface area (Å²) in [5.74, 6) is 0. The first-order valence-electron chi connectivity index (χ1n) is 4.87. The maximum absolute atomic E-state index is 2.68. The van der Waals surface area contributed by atoms with Crippen LogP contribution >= 0.6 is 26.7 Å². The van der Waals surface area contributed by atoms with Crippen LogP contribution in [0.15, 0.2) is 0 Å². The van der Waals surface area contributed by atoms with Gasteiger partial charge in [-0.05, 0) is 0 Å². The van der Waals surface area contributed by atoms with Crippen LogP contribution in [0.2, 0.25) is 0 Å². The average Bonchev–Trinajstić information content (AvgIpc) is 2.00. The monoisotopic (exact) mass is 333 g/mol. The van der Waals surface area contributed by atoms with Crippen LogP contribution in [0, 0.1) is 0 Å². The van der Waals surface area contributed by atoms with Crippen molar-refractivity contribution in [2.75, 3.05) is 42.3 Å². The van der Waals surface area contributed by atoms with Crippen LogP contribution in [-0.2, 0) is 0 Å². The molecule has 0 aromatic heterocycles. The van der Waals surface area contributed by atoms with Crippen molar-refractivity contribution < 1.29 is 0 Å². The molecule has 14 heavy (non-hydrogen) atoms. The molecule has 0 N–H and O–H groups in total. The minimum atomic E-state index is -2.12. The van der Waals surface area contributed by atoms with Crippen molar-refractivity contribution >= 4 is 26.7 Å². The predicted molar refractivity (Wildman–Crippen MR) is 77.1 cm³/mol. The van der Waals surface area contributed by atoms with Crippen molar-refractivity contribution in [3.05, 3.63) is 0 Å². The summed E-state index contributed by atoms with van der Waals surface area (Å²) in [5, 5.41) is 0. The molecule has 0 spiro atoms. The normalized spacial score (nSPS) is 16.8. The summed E-state index contributed by atoms with van der Waals surface area (Å²) in [5.41, 5.74) is 0.613. The summed E-state index contributed by atoms with van der Waals surface area (Å²) >= 11 is 2.68. The summed E-state index contributed by atoms with van der Waals surface area (Å²) in [7, 11) is 13.1. The standard InChI is InChI=1S/C9H25IN3P/c1-9(2)14(10,11(3)4,12(5)6)13(7)8/h9H,1-8H3. The summed E-state index contributed by atoms with van der Waals surface area (Å²) in [4.78, 5) is 0. The van der Waals surface area contributed by atoms with Gasteiger partial charge in [-0.1, -0.05) is 0 Å². The van der Waals surface area contributed by atoms with Crippen molar-refractivity contribution in [2.45, 2.75) is 19.5 Å². The van der Waals surface area contributed by atoms with Gasteiger partial charge in [-0.25, -0.2) is 0 Å². The summed E-state index contributed by atoms with van der Waals surface area (Å²) < 4.78 is 5.08. The Kier molecular flexibility index (Phi) is 4.83. The molecule has 0 fully saturated rings. The van der Waals surface area contributed by atoms with Crippen LogP contribution in [0.4, 0.5) is 0 Å². The first kappa shape index (κ1) is 15.0. The third-order valence-electron chi connectivity index (χ3n) is 3.11. The molecule has 0 aliphatic heterocycles. The second-order valence-electron chi connectivity index (χ2n) is 4.57. The van der Waals surface area contributed by atoms with Crippen molar-refractivity contribution in [3.63, 3.8) is 0 Å². The van der Waals surface area contributed by atoms with Crippen LogP contribution in [0.25, 0.3) is 0 Å². The fourth-order valence-electron chi connectivity index (χ4n) is 2.46. The van der Waals surface area contributed by atoms with E-state index in [-0.39, 0.29) is 0 Å². The molecule has 0 saturated carbocycles. The SMILES string of the molecule is CC(C)P(I)(N(C)C)(N(C)C)N(C)C. The van der Waals surface area contributed by atoms with E-state index in [4.69, 9.17) is 0 Å². The molecule has 88 valence electrons. The number of rotatable bonds is 4. The molecule has 0 radical (unpaired) electrons. The number of nitrogens with zero attached hydrogens (tertiary/aromatic N) is 3. The molecule has 0 unspecified atom stereocenters. The zero-order chi connectivity index (χ0) is 11.8. The van der Waals surface area contributed by atoms with Crippen LogP contribution in [0.5, 0.6) is 0 Å². The van der Waals surface area contributed by atoms with Gasteiger partial charge in [0.1, 0.15) is 0 Å². The fourth-order valence-corrected chi connectivity index (χ4v) is 7.38. The van der Waals surface area contributed by atoms with Gasteiger partial charge in [-0.3, -0.25) is 0 Å². The van der Waals surface area contributed by atoms with Crippen LogP contribution in [-0.4, -0.2) is 62.0 Å². The predicted octanol–water partition coefficient (Wildman–Crippen LogP) is 2.73. The van der Waals surface area contributed by atoms with Crippen LogP contribution in [0.3, 0.4) is 0 Å². The Bertz CT molecular complexity index is 161. The molecule has 0 aromatic carbocycles. The molecular formula is C9H25IN3P. The summed E-state index contributed by atoms with van der Waals surface area (Å²) in [6.45, 7) is 4.62. The maximum atomic E-state index is 2.68. The Hall–Kier alpha value is 1.04. The van der Waals surface area contributed by atoms with E-state index in [1.165, 1.54) is 0 Å². The molecule has 0 aliphatic rings. The number of hydrogen-bond acceptors (Lipinski definition) is 3. The van der Waals surface area contributed by atoms with E-state index >= 15 is 0 Å². The molecule has 0 aliphatic carbocycles. The Labute approximate surface area is 102 Å². The molecular weight excluding hydrogens is 308 g/mol. The molecule has 5 heteroatoms. The Balaban J connectivity index is 5.62. The Morgan fingerprint density at radius 3 is 1.00 bits per heavy atom. The van der Waals surface area contributed by atoms with Gasteiger partial charge in [0.15, 0.2) is 0 Å². The second kappa shape index (κ2) is 4.50. The topological polar surface area (TPSA) is 9.72 Å². The minimum absolute atomic E-state index is 0.613. The molecule has 0 atom stereocenters. The van der Waals surface area contributed by atoms with Gasteiger partial charge in [0, 0.05) is 0 Å². The van der Waals surface area contributed by atoms with E-state index in [2.05, 4.69) is 92.2 Å². The number of halogens is 1. The quantitative estimate of drug-likeness (QED) is 0.579. The molecule has 0 rings (SSSR count). The summed E-state index contributed by atoms with van der Waals surface area (Å²) in [6, 6.07) is 0. The number of hydrogen-bond donors (Lipinski definition) is 0. The molecule has 0 amide bonds. The van der Waals surface area contributed by atoms with E-state index < -0.39 is 4.70 Å². The average molecular weight is 333 g/mol. The first-order chi connectivity index (χ1) is 6.10. The van der Waals surface area contributed by atoms with E-state index in [9.17, 15) is 0 Å². The third kappa shape index (κ3) is 1.73. The van der Waals surface area contributed by atoms with Gasteiger partial charge in [0.25, 0.3) is 0 Å². The molecule has 0 aromatic rings. The molecule has 0 saturated heterocycles. The van der Waals surface area contributed by atoms with E-state index in [1.54, 1.807) is 0 Å². The summed E-state index contributed by atoms with van der Waals surface area (Å²) in [6.07, 6.45) is 0. The third-order valence-corrected chi connectivity index (χ3v) is 20.4. The van der Waals surface area contributed by atoms with Gasteiger partial charge < -0.3 is 0 Å². The van der Waals surface area contributed by atoms with Gasteiger partial charge >= 0.3 is 103 Å². The zero-order valence-corrected chi connectivity index (χ0v) is 13.8. The van der Waals surface area contributed by atoms with Crippen molar-refractivity contribution in [3.8, 4) is 0 Å². The fraction of sp³-hybridized carbons (Fsp3) is 1.00. The van der Waals surface area contributed by atoms with Crippen LogP contribution in [0.1, 0.15) is 13.8 Å². The van der Waals surface area contributed by atoms with Crippen molar-refractivity contribution in [2.24, 2.45) is 0 Å².